The van der Waals surface area contributed by atoms with Crippen molar-refractivity contribution in [2.24, 2.45) is 5.92 Å². The number of ketones is 1. The standard InChI is InChI=1S/C18H12O/c19-18-6-5-14-9-15-7-12-3-1-2-4-13(12)8-16(15)10-17(14)11-18/h1-11,14H. The van der Waals surface area contributed by atoms with Gasteiger partial charge in [-0.1, -0.05) is 42.5 Å². The average Bonchev–Trinajstić information content (AvgIpc) is 2.43. The van der Waals surface area contributed by atoms with Crippen LogP contribution in [0.15, 0.2) is 60.2 Å². The molecule has 0 fully saturated rings. The predicted octanol–water partition coefficient (Wildman–Crippen LogP) is 2.10. The van der Waals surface area contributed by atoms with Crippen molar-refractivity contribution in [3.8, 4) is 0 Å². The number of hydrogen-bond donors (Lipinski definition) is 0. The van der Waals surface area contributed by atoms with Crippen molar-refractivity contribution in [1.82, 2.24) is 0 Å². The number of benzene rings is 2. The van der Waals surface area contributed by atoms with Crippen LogP contribution in [0.5, 0.6) is 0 Å². The minimum Gasteiger partial charge on any atom is -0.290 e. The minimum atomic E-state index is 0.0835. The first-order valence-electron chi connectivity index (χ1n) is 6.46. The zero-order valence-electron chi connectivity index (χ0n) is 10.3. The molecule has 0 radical (unpaired) electrons. The van der Waals surface area contributed by atoms with E-state index in [-0.39, 0.29) is 11.7 Å². The summed E-state index contributed by atoms with van der Waals surface area (Å²) >= 11 is 0. The van der Waals surface area contributed by atoms with Gasteiger partial charge < -0.3 is 0 Å². The van der Waals surface area contributed by atoms with Gasteiger partial charge in [-0.05, 0) is 51.1 Å². The average molecular weight is 244 g/mol. The molecule has 0 aliphatic heterocycles. The molecule has 0 spiro atoms. The van der Waals surface area contributed by atoms with Crippen LogP contribution in [0.4, 0.5) is 0 Å². The number of carbonyl (C=O) groups is 1. The van der Waals surface area contributed by atoms with Gasteiger partial charge in [0.05, 0.1) is 0 Å². The third-order valence-electron chi connectivity index (χ3n) is 3.79. The van der Waals surface area contributed by atoms with Crippen molar-refractivity contribution in [3.05, 3.63) is 70.6 Å². The Labute approximate surface area is 110 Å². The molecule has 2 aromatic carbocycles. The van der Waals surface area contributed by atoms with Crippen LogP contribution in [-0.2, 0) is 4.79 Å². The molecule has 0 heterocycles. The quantitative estimate of drug-likeness (QED) is 0.693. The fraction of sp³-hybridized carbons (Fsp3) is 0.0556. The predicted molar refractivity (Wildman–Crippen MR) is 77.8 cm³/mol. The molecule has 1 atom stereocenters. The summed E-state index contributed by atoms with van der Waals surface area (Å²) in [7, 11) is 0. The van der Waals surface area contributed by atoms with E-state index in [1.165, 1.54) is 21.2 Å². The molecule has 0 saturated heterocycles. The van der Waals surface area contributed by atoms with Crippen LogP contribution in [0.25, 0.3) is 22.9 Å². The van der Waals surface area contributed by atoms with Gasteiger partial charge in [0, 0.05) is 5.92 Å². The molecule has 19 heavy (non-hydrogen) atoms. The fourth-order valence-electron chi connectivity index (χ4n) is 2.83. The molecule has 2 aliphatic carbocycles. The van der Waals surface area contributed by atoms with Crippen LogP contribution < -0.4 is 10.4 Å². The Morgan fingerprint density at radius 2 is 1.63 bits per heavy atom. The Hall–Kier alpha value is -2.41. The molecule has 1 nitrogen and oxygen atoms in total. The van der Waals surface area contributed by atoms with Gasteiger partial charge in [0.2, 0.25) is 0 Å². The summed E-state index contributed by atoms with van der Waals surface area (Å²) in [5.74, 6) is 0.325. The van der Waals surface area contributed by atoms with Gasteiger partial charge in [-0.25, -0.2) is 0 Å². The number of carbonyl (C=O) groups excluding carboxylic acids is 1. The number of allylic oxidation sites excluding steroid dienone is 4. The molecule has 0 aromatic heterocycles. The van der Waals surface area contributed by atoms with Crippen LogP contribution >= 0.6 is 0 Å². The first-order chi connectivity index (χ1) is 9.29. The van der Waals surface area contributed by atoms with E-state index in [1.807, 2.05) is 6.08 Å². The number of fused-ring (bicyclic) bond motifs is 3. The Kier molecular flexibility index (Phi) is 2.10. The molecular formula is C18H12O. The fourth-order valence-corrected chi connectivity index (χ4v) is 2.83. The summed E-state index contributed by atoms with van der Waals surface area (Å²) in [5.41, 5.74) is 1.09. The van der Waals surface area contributed by atoms with Gasteiger partial charge in [-0.15, -0.1) is 0 Å². The van der Waals surface area contributed by atoms with Crippen molar-refractivity contribution in [2.75, 3.05) is 0 Å². The first-order valence-corrected chi connectivity index (χ1v) is 6.46. The summed E-state index contributed by atoms with van der Waals surface area (Å²) in [5, 5.41) is 4.95. The van der Waals surface area contributed by atoms with Crippen LogP contribution in [0.1, 0.15) is 0 Å². The smallest absolute Gasteiger partial charge is 0.178 e. The largest absolute Gasteiger partial charge is 0.290 e. The molecule has 0 amide bonds. The zero-order chi connectivity index (χ0) is 12.8. The molecular weight excluding hydrogens is 232 g/mol. The van der Waals surface area contributed by atoms with Crippen LogP contribution in [0.3, 0.4) is 0 Å². The zero-order valence-corrected chi connectivity index (χ0v) is 10.3. The van der Waals surface area contributed by atoms with E-state index in [0.717, 1.165) is 5.57 Å². The highest BCUT2D eigenvalue weighted by Gasteiger charge is 2.15. The van der Waals surface area contributed by atoms with Crippen LogP contribution in [0.2, 0.25) is 0 Å². The molecule has 2 aliphatic rings. The van der Waals surface area contributed by atoms with Crippen molar-refractivity contribution >= 4 is 28.7 Å². The van der Waals surface area contributed by atoms with Crippen LogP contribution in [0, 0.1) is 5.92 Å². The van der Waals surface area contributed by atoms with Crippen LogP contribution in [-0.4, -0.2) is 5.78 Å². The van der Waals surface area contributed by atoms with E-state index in [1.54, 1.807) is 12.2 Å². The summed E-state index contributed by atoms with van der Waals surface area (Å²) in [6, 6.07) is 12.8. The normalized spacial score (nSPS) is 20.1. The Morgan fingerprint density at radius 3 is 2.42 bits per heavy atom. The highest BCUT2D eigenvalue weighted by Crippen LogP contribution is 2.22. The molecule has 0 saturated carbocycles. The maximum Gasteiger partial charge on any atom is 0.178 e. The van der Waals surface area contributed by atoms with E-state index in [2.05, 4.69) is 48.6 Å². The van der Waals surface area contributed by atoms with Gasteiger partial charge in [0.25, 0.3) is 0 Å². The SMILES string of the molecule is O=C1C=CC2C=c3cc4ccccc4cc3=CC2=C1. The summed E-state index contributed by atoms with van der Waals surface area (Å²) in [6.45, 7) is 0. The summed E-state index contributed by atoms with van der Waals surface area (Å²) in [6.07, 6.45) is 9.74. The third-order valence-corrected chi connectivity index (χ3v) is 3.79. The second kappa shape index (κ2) is 3.79. The van der Waals surface area contributed by atoms with Gasteiger partial charge >= 0.3 is 0 Å². The summed E-state index contributed by atoms with van der Waals surface area (Å²) in [4.78, 5) is 11.4. The van der Waals surface area contributed by atoms with Crippen molar-refractivity contribution in [3.63, 3.8) is 0 Å². The lowest BCUT2D eigenvalue weighted by molar-refractivity contribution is -0.110. The molecule has 2 aromatic rings. The minimum absolute atomic E-state index is 0.0835. The van der Waals surface area contributed by atoms with Gasteiger partial charge in [-0.3, -0.25) is 4.79 Å². The van der Waals surface area contributed by atoms with E-state index in [9.17, 15) is 4.79 Å². The van der Waals surface area contributed by atoms with Gasteiger partial charge in [0.15, 0.2) is 5.78 Å². The highest BCUT2D eigenvalue weighted by molar-refractivity contribution is 6.02. The maximum atomic E-state index is 11.4. The lowest BCUT2D eigenvalue weighted by Gasteiger charge is -2.17. The number of rotatable bonds is 0. The molecule has 90 valence electrons. The number of hydrogen-bond acceptors (Lipinski definition) is 1. The topological polar surface area (TPSA) is 17.1 Å². The van der Waals surface area contributed by atoms with E-state index in [4.69, 9.17) is 0 Å². The van der Waals surface area contributed by atoms with Gasteiger partial charge in [0.1, 0.15) is 0 Å². The Balaban J connectivity index is 2.06. The van der Waals surface area contributed by atoms with Gasteiger partial charge in [-0.2, -0.15) is 0 Å². The van der Waals surface area contributed by atoms with Crippen molar-refractivity contribution in [2.45, 2.75) is 0 Å². The van der Waals surface area contributed by atoms with Crippen molar-refractivity contribution < 1.29 is 4.79 Å². The maximum absolute atomic E-state index is 11.4. The molecule has 0 N–H and O–H groups in total. The third kappa shape index (κ3) is 1.66. The molecule has 1 heteroatoms. The lowest BCUT2D eigenvalue weighted by atomic mass is 9.87. The molecule has 1 unspecified atom stereocenters. The Morgan fingerprint density at radius 1 is 0.895 bits per heavy atom. The summed E-state index contributed by atoms with van der Waals surface area (Å²) < 4.78 is 0. The monoisotopic (exact) mass is 244 g/mol. The van der Waals surface area contributed by atoms with E-state index in [0.29, 0.717) is 0 Å². The molecule has 4 rings (SSSR count). The second-order valence-electron chi connectivity index (χ2n) is 5.07. The lowest BCUT2D eigenvalue weighted by Crippen LogP contribution is -2.30. The first kappa shape index (κ1) is 10.5. The van der Waals surface area contributed by atoms with Crippen molar-refractivity contribution in [1.29, 1.82) is 0 Å². The van der Waals surface area contributed by atoms with E-state index < -0.39 is 0 Å². The van der Waals surface area contributed by atoms with E-state index >= 15 is 0 Å². The highest BCUT2D eigenvalue weighted by atomic mass is 16.1. The second-order valence-corrected chi connectivity index (χ2v) is 5.07. The molecule has 0 bridgehead atoms. The Bertz CT molecular complexity index is 882.